The molecule has 2 aliphatic heterocycles. The number of carbonyl (C=O) groups is 3. The summed E-state index contributed by atoms with van der Waals surface area (Å²) < 4.78 is 13.2. The number of benzene rings is 2. The molecule has 0 aromatic heterocycles. The van der Waals surface area contributed by atoms with E-state index in [0.29, 0.717) is 18.5 Å². The van der Waals surface area contributed by atoms with Crippen LogP contribution in [0.5, 0.6) is 0 Å². The molecule has 1 atom stereocenters. The largest absolute Gasteiger partial charge is 0.327 e. The molecular weight excluding hydrogens is 323 g/mol. The Hall–Kier alpha value is -3.02. The molecule has 2 heterocycles. The number of amides is 3. The van der Waals surface area contributed by atoms with Crippen molar-refractivity contribution in [1.29, 1.82) is 0 Å². The Morgan fingerprint density at radius 3 is 2.52 bits per heavy atom. The van der Waals surface area contributed by atoms with Gasteiger partial charge in [0.15, 0.2) is 0 Å². The van der Waals surface area contributed by atoms with Crippen molar-refractivity contribution < 1.29 is 18.8 Å². The second-order valence-corrected chi connectivity index (χ2v) is 6.16. The number of imide groups is 1. The van der Waals surface area contributed by atoms with Gasteiger partial charge in [-0.2, -0.15) is 0 Å². The van der Waals surface area contributed by atoms with Gasteiger partial charge in [-0.1, -0.05) is 12.1 Å². The predicted molar refractivity (Wildman–Crippen MR) is 88.7 cm³/mol. The van der Waals surface area contributed by atoms with Crippen LogP contribution < -0.4 is 4.90 Å². The average molecular weight is 338 g/mol. The van der Waals surface area contributed by atoms with Gasteiger partial charge in [-0.15, -0.1) is 0 Å². The fourth-order valence-electron chi connectivity index (χ4n) is 3.47. The minimum atomic E-state index is -0.635. The summed E-state index contributed by atoms with van der Waals surface area (Å²) >= 11 is 0. The van der Waals surface area contributed by atoms with Crippen molar-refractivity contribution in [2.45, 2.75) is 18.9 Å². The van der Waals surface area contributed by atoms with Gasteiger partial charge in [0, 0.05) is 12.1 Å². The van der Waals surface area contributed by atoms with Crippen molar-refractivity contribution >= 4 is 23.4 Å². The first-order valence-corrected chi connectivity index (χ1v) is 8.12. The van der Waals surface area contributed by atoms with Gasteiger partial charge < -0.3 is 4.90 Å². The lowest BCUT2D eigenvalue weighted by molar-refractivity contribution is -0.121. The minimum absolute atomic E-state index is 0.198. The molecular formula is C19H15FN2O3. The SMILES string of the molecule is O=C(c1ccc(F)cc1)N1C(=O)[C@@H]2CCCN2C(=O)c2ccccc21. The third kappa shape index (κ3) is 2.41. The van der Waals surface area contributed by atoms with E-state index < -0.39 is 23.7 Å². The van der Waals surface area contributed by atoms with Gasteiger partial charge in [-0.3, -0.25) is 14.4 Å². The predicted octanol–water partition coefficient (Wildman–Crippen LogP) is 2.62. The summed E-state index contributed by atoms with van der Waals surface area (Å²) in [6.45, 7) is 0.502. The molecule has 1 fully saturated rings. The van der Waals surface area contributed by atoms with Gasteiger partial charge in [0.1, 0.15) is 11.9 Å². The van der Waals surface area contributed by atoms with Crippen LogP contribution in [0, 0.1) is 5.82 Å². The highest BCUT2D eigenvalue weighted by Gasteiger charge is 2.44. The maximum atomic E-state index is 13.2. The highest BCUT2D eigenvalue weighted by molar-refractivity contribution is 6.26. The van der Waals surface area contributed by atoms with Gasteiger partial charge in [0.25, 0.3) is 17.7 Å². The average Bonchev–Trinajstić information content (AvgIpc) is 3.09. The molecule has 2 aliphatic rings. The molecule has 0 unspecified atom stereocenters. The van der Waals surface area contributed by atoms with Gasteiger partial charge in [-0.05, 0) is 49.2 Å². The van der Waals surface area contributed by atoms with Crippen molar-refractivity contribution in [3.63, 3.8) is 0 Å². The third-order valence-corrected chi connectivity index (χ3v) is 4.69. The van der Waals surface area contributed by atoms with Gasteiger partial charge in [0.05, 0.1) is 11.3 Å². The number of para-hydroxylation sites is 1. The van der Waals surface area contributed by atoms with Gasteiger partial charge in [0.2, 0.25) is 0 Å². The Morgan fingerprint density at radius 2 is 1.76 bits per heavy atom. The van der Waals surface area contributed by atoms with Crippen molar-refractivity contribution in [2.75, 3.05) is 11.4 Å². The van der Waals surface area contributed by atoms with Crippen LogP contribution in [-0.4, -0.2) is 35.2 Å². The lowest BCUT2D eigenvalue weighted by Gasteiger charge is -2.24. The molecule has 2 aromatic carbocycles. The zero-order valence-electron chi connectivity index (χ0n) is 13.3. The molecule has 5 nitrogen and oxygen atoms in total. The molecule has 4 rings (SSSR count). The van der Waals surface area contributed by atoms with E-state index in [4.69, 9.17) is 0 Å². The summed E-state index contributed by atoms with van der Waals surface area (Å²) in [6.07, 6.45) is 1.26. The molecule has 3 amide bonds. The Bertz CT molecular complexity index is 878. The summed E-state index contributed by atoms with van der Waals surface area (Å²) in [5, 5.41) is 0. The van der Waals surface area contributed by atoms with Crippen LogP contribution in [0.1, 0.15) is 33.6 Å². The Morgan fingerprint density at radius 1 is 1.04 bits per heavy atom. The molecule has 126 valence electrons. The quantitative estimate of drug-likeness (QED) is 0.751. The lowest BCUT2D eigenvalue weighted by Crippen LogP contribution is -2.47. The van der Waals surface area contributed by atoms with Crippen molar-refractivity contribution in [3.05, 3.63) is 65.5 Å². The van der Waals surface area contributed by atoms with E-state index in [2.05, 4.69) is 0 Å². The molecule has 25 heavy (non-hydrogen) atoms. The number of fused-ring (bicyclic) bond motifs is 2. The van der Waals surface area contributed by atoms with E-state index in [9.17, 15) is 18.8 Å². The number of hydrogen-bond acceptors (Lipinski definition) is 3. The van der Waals surface area contributed by atoms with E-state index in [0.717, 1.165) is 11.3 Å². The molecule has 0 spiro atoms. The van der Waals surface area contributed by atoms with Crippen LogP contribution in [0.2, 0.25) is 0 Å². The zero-order valence-corrected chi connectivity index (χ0v) is 13.3. The van der Waals surface area contributed by atoms with Crippen LogP contribution in [0.4, 0.5) is 10.1 Å². The van der Waals surface area contributed by atoms with E-state index in [1.165, 1.54) is 24.3 Å². The number of hydrogen-bond donors (Lipinski definition) is 0. The zero-order chi connectivity index (χ0) is 17.6. The first-order chi connectivity index (χ1) is 12.1. The first-order valence-electron chi connectivity index (χ1n) is 8.12. The first kappa shape index (κ1) is 15.5. The summed E-state index contributed by atoms with van der Waals surface area (Å²) in [4.78, 5) is 41.4. The van der Waals surface area contributed by atoms with Crippen molar-refractivity contribution in [3.8, 4) is 0 Å². The smallest absolute Gasteiger partial charge is 0.265 e. The van der Waals surface area contributed by atoms with Crippen LogP contribution in [0.25, 0.3) is 0 Å². The molecule has 6 heteroatoms. The molecule has 0 aliphatic carbocycles. The fourth-order valence-corrected chi connectivity index (χ4v) is 3.47. The second kappa shape index (κ2) is 5.81. The van der Waals surface area contributed by atoms with E-state index >= 15 is 0 Å². The molecule has 0 bridgehead atoms. The standard InChI is InChI=1S/C19H15FN2O3/c20-13-9-7-12(8-10-13)17(23)22-15-5-2-1-4-14(15)18(24)21-11-3-6-16(21)19(22)25/h1-2,4-5,7-10,16H,3,6,11H2/t16-/m0/s1. The summed E-state index contributed by atoms with van der Waals surface area (Å²) in [7, 11) is 0. The number of halogens is 1. The fraction of sp³-hybridized carbons (Fsp3) is 0.211. The number of rotatable bonds is 1. The Kier molecular flexibility index (Phi) is 3.60. The monoisotopic (exact) mass is 338 g/mol. The second-order valence-electron chi connectivity index (χ2n) is 6.16. The Labute approximate surface area is 143 Å². The maximum Gasteiger partial charge on any atom is 0.265 e. The minimum Gasteiger partial charge on any atom is -0.327 e. The molecule has 2 aromatic rings. The highest BCUT2D eigenvalue weighted by Crippen LogP contribution is 2.33. The number of nitrogens with zero attached hydrogens (tertiary/aromatic N) is 2. The normalized spacial score (nSPS) is 19.5. The molecule has 0 radical (unpaired) electrons. The number of carbonyl (C=O) groups excluding carboxylic acids is 3. The summed E-state index contributed by atoms with van der Waals surface area (Å²) in [6, 6.07) is 11.0. The van der Waals surface area contributed by atoms with Crippen LogP contribution in [0.3, 0.4) is 0 Å². The van der Waals surface area contributed by atoms with Gasteiger partial charge in [-0.25, -0.2) is 9.29 Å². The van der Waals surface area contributed by atoms with Gasteiger partial charge >= 0.3 is 0 Å². The maximum absolute atomic E-state index is 13.2. The number of anilines is 1. The molecule has 1 saturated heterocycles. The highest BCUT2D eigenvalue weighted by atomic mass is 19.1. The molecule has 0 N–H and O–H groups in total. The van der Waals surface area contributed by atoms with Crippen LogP contribution in [-0.2, 0) is 4.79 Å². The summed E-state index contributed by atoms with van der Waals surface area (Å²) in [5.41, 5.74) is 0.806. The topological polar surface area (TPSA) is 57.7 Å². The van der Waals surface area contributed by atoms with Crippen LogP contribution in [0.15, 0.2) is 48.5 Å². The van der Waals surface area contributed by atoms with Crippen molar-refractivity contribution in [1.82, 2.24) is 4.90 Å². The van der Waals surface area contributed by atoms with Crippen molar-refractivity contribution in [2.24, 2.45) is 0 Å². The lowest BCUT2D eigenvalue weighted by atomic mass is 10.1. The van der Waals surface area contributed by atoms with Crippen LogP contribution >= 0.6 is 0 Å². The molecule has 0 saturated carbocycles. The third-order valence-electron chi connectivity index (χ3n) is 4.69. The van der Waals surface area contributed by atoms with E-state index in [1.54, 1.807) is 29.2 Å². The Balaban J connectivity index is 1.85. The summed E-state index contributed by atoms with van der Waals surface area (Å²) in [5.74, 6) is -1.67. The van der Waals surface area contributed by atoms with E-state index in [-0.39, 0.29) is 17.2 Å². The van der Waals surface area contributed by atoms with E-state index in [1.807, 2.05) is 0 Å².